The van der Waals surface area contributed by atoms with Crippen LogP contribution >= 0.6 is 11.6 Å². The molecule has 0 aliphatic carbocycles. The fraction of sp³-hybridized carbons (Fsp3) is 0.250. The highest BCUT2D eigenvalue weighted by molar-refractivity contribution is 7.88. The molecule has 2 aromatic rings. The SMILES string of the molecule is COc1ccc(CNS(=O)(=O)Cc2ccc(Cl)cc2)cc1OC. The molecule has 0 aromatic heterocycles. The van der Waals surface area contributed by atoms with Crippen LogP contribution in [0.15, 0.2) is 42.5 Å². The van der Waals surface area contributed by atoms with Gasteiger partial charge < -0.3 is 9.47 Å². The number of nitrogens with one attached hydrogen (secondary N) is 1. The average Bonchev–Trinajstić information content (AvgIpc) is 2.54. The first-order chi connectivity index (χ1) is 10.9. The second-order valence-electron chi connectivity index (χ2n) is 4.90. The largest absolute Gasteiger partial charge is 0.493 e. The van der Waals surface area contributed by atoms with Crippen LogP contribution in [0.25, 0.3) is 0 Å². The molecule has 0 aliphatic rings. The van der Waals surface area contributed by atoms with Crippen molar-refractivity contribution in [3.63, 3.8) is 0 Å². The minimum atomic E-state index is -3.45. The molecule has 23 heavy (non-hydrogen) atoms. The van der Waals surface area contributed by atoms with Crippen molar-refractivity contribution >= 4 is 21.6 Å². The molecule has 124 valence electrons. The summed E-state index contributed by atoms with van der Waals surface area (Å²) in [5.41, 5.74) is 1.46. The van der Waals surface area contributed by atoms with Crippen LogP contribution in [0.2, 0.25) is 5.02 Å². The van der Waals surface area contributed by atoms with Crippen molar-refractivity contribution in [2.24, 2.45) is 0 Å². The second-order valence-corrected chi connectivity index (χ2v) is 7.14. The summed E-state index contributed by atoms with van der Waals surface area (Å²) in [5, 5.41) is 0.574. The van der Waals surface area contributed by atoms with Crippen molar-refractivity contribution in [3.8, 4) is 11.5 Å². The Morgan fingerprint density at radius 2 is 1.57 bits per heavy atom. The molecule has 0 saturated heterocycles. The highest BCUT2D eigenvalue weighted by Gasteiger charge is 2.12. The highest BCUT2D eigenvalue weighted by Crippen LogP contribution is 2.27. The molecule has 7 heteroatoms. The number of hydrogen-bond acceptors (Lipinski definition) is 4. The molecule has 5 nitrogen and oxygen atoms in total. The van der Waals surface area contributed by atoms with Gasteiger partial charge in [-0.3, -0.25) is 0 Å². The molecule has 1 N–H and O–H groups in total. The molecule has 0 heterocycles. The highest BCUT2D eigenvalue weighted by atomic mass is 35.5. The Labute approximate surface area is 141 Å². The maximum Gasteiger partial charge on any atom is 0.216 e. The van der Waals surface area contributed by atoms with Gasteiger partial charge in [0, 0.05) is 11.6 Å². The van der Waals surface area contributed by atoms with Gasteiger partial charge in [-0.15, -0.1) is 0 Å². The molecule has 0 spiro atoms. The summed E-state index contributed by atoms with van der Waals surface area (Å²) >= 11 is 5.79. The van der Waals surface area contributed by atoms with Gasteiger partial charge >= 0.3 is 0 Å². The predicted molar refractivity (Wildman–Crippen MR) is 90.5 cm³/mol. The molecule has 0 aliphatic heterocycles. The number of methoxy groups -OCH3 is 2. The summed E-state index contributed by atoms with van der Waals surface area (Å²) in [5.74, 6) is 1.06. The normalized spacial score (nSPS) is 11.3. The van der Waals surface area contributed by atoms with Gasteiger partial charge in [0.2, 0.25) is 10.0 Å². The van der Waals surface area contributed by atoms with E-state index in [0.717, 1.165) is 5.56 Å². The lowest BCUT2D eigenvalue weighted by atomic mass is 10.2. The molecule has 0 amide bonds. The predicted octanol–water partition coefficient (Wildman–Crippen LogP) is 2.98. The first-order valence-corrected chi connectivity index (χ1v) is 8.89. The van der Waals surface area contributed by atoms with Crippen molar-refractivity contribution in [3.05, 3.63) is 58.6 Å². The molecule has 0 unspecified atom stereocenters. The van der Waals surface area contributed by atoms with Gasteiger partial charge in [0.15, 0.2) is 11.5 Å². The summed E-state index contributed by atoms with van der Waals surface area (Å²) in [6.45, 7) is 0.177. The fourth-order valence-electron chi connectivity index (χ4n) is 2.03. The quantitative estimate of drug-likeness (QED) is 0.829. The Morgan fingerprint density at radius 1 is 0.957 bits per heavy atom. The van der Waals surface area contributed by atoms with E-state index in [2.05, 4.69) is 4.72 Å². The zero-order valence-electron chi connectivity index (χ0n) is 12.9. The Morgan fingerprint density at radius 3 is 2.17 bits per heavy atom. The van der Waals surface area contributed by atoms with Gasteiger partial charge in [0.05, 0.1) is 20.0 Å². The summed E-state index contributed by atoms with van der Waals surface area (Å²) in [7, 11) is -0.364. The molecule has 0 bridgehead atoms. The van der Waals surface area contributed by atoms with Gasteiger partial charge in [-0.1, -0.05) is 29.8 Å². The van der Waals surface area contributed by atoms with E-state index < -0.39 is 10.0 Å². The van der Waals surface area contributed by atoms with Gasteiger partial charge in [0.1, 0.15) is 0 Å². The van der Waals surface area contributed by atoms with Crippen LogP contribution in [-0.2, 0) is 22.3 Å². The topological polar surface area (TPSA) is 64.6 Å². The van der Waals surface area contributed by atoms with Crippen molar-refractivity contribution in [2.45, 2.75) is 12.3 Å². The second kappa shape index (κ2) is 7.68. The first kappa shape index (κ1) is 17.6. The molecule has 0 radical (unpaired) electrons. The number of halogens is 1. The number of hydrogen-bond donors (Lipinski definition) is 1. The van der Waals surface area contributed by atoms with Crippen LogP contribution in [0.1, 0.15) is 11.1 Å². The maximum absolute atomic E-state index is 12.1. The van der Waals surface area contributed by atoms with Crippen molar-refractivity contribution in [2.75, 3.05) is 14.2 Å². The smallest absolute Gasteiger partial charge is 0.216 e. The van der Waals surface area contributed by atoms with Crippen molar-refractivity contribution < 1.29 is 17.9 Å². The van der Waals surface area contributed by atoms with Crippen LogP contribution in [0.5, 0.6) is 11.5 Å². The summed E-state index contributed by atoms with van der Waals surface area (Å²) < 4.78 is 37.2. The lowest BCUT2D eigenvalue weighted by Crippen LogP contribution is -2.24. The first-order valence-electron chi connectivity index (χ1n) is 6.86. The van der Waals surface area contributed by atoms with Crippen LogP contribution in [0.4, 0.5) is 0 Å². The molecular weight excluding hydrogens is 338 g/mol. The molecule has 0 fully saturated rings. The Bertz CT molecular complexity index is 760. The minimum absolute atomic E-state index is 0.0997. The summed E-state index contributed by atoms with van der Waals surface area (Å²) in [4.78, 5) is 0. The number of sulfonamides is 1. The zero-order chi connectivity index (χ0) is 16.9. The van der Waals surface area contributed by atoms with Crippen molar-refractivity contribution in [1.29, 1.82) is 0 Å². The van der Waals surface area contributed by atoms with E-state index in [-0.39, 0.29) is 12.3 Å². The van der Waals surface area contributed by atoms with E-state index in [9.17, 15) is 8.42 Å². The van der Waals surface area contributed by atoms with E-state index in [4.69, 9.17) is 21.1 Å². The lowest BCUT2D eigenvalue weighted by Gasteiger charge is -2.11. The van der Waals surface area contributed by atoms with E-state index in [1.807, 2.05) is 0 Å². The van der Waals surface area contributed by atoms with Crippen LogP contribution in [0.3, 0.4) is 0 Å². The third-order valence-corrected chi connectivity index (χ3v) is 4.76. The zero-order valence-corrected chi connectivity index (χ0v) is 14.4. The van der Waals surface area contributed by atoms with E-state index in [0.29, 0.717) is 22.1 Å². The summed E-state index contributed by atoms with van der Waals surface area (Å²) in [6.07, 6.45) is 0. The van der Waals surface area contributed by atoms with E-state index in [1.165, 1.54) is 7.11 Å². The lowest BCUT2D eigenvalue weighted by molar-refractivity contribution is 0.354. The third kappa shape index (κ3) is 5.13. The van der Waals surface area contributed by atoms with Crippen LogP contribution in [-0.4, -0.2) is 22.6 Å². The number of ether oxygens (including phenoxy) is 2. The number of benzene rings is 2. The summed E-state index contributed by atoms with van der Waals surface area (Å²) in [6, 6.07) is 12.0. The van der Waals surface area contributed by atoms with Crippen LogP contribution in [0, 0.1) is 0 Å². The molecule has 0 saturated carbocycles. The van der Waals surface area contributed by atoms with Gasteiger partial charge in [-0.05, 0) is 35.4 Å². The van der Waals surface area contributed by atoms with E-state index >= 15 is 0 Å². The molecule has 0 atom stereocenters. The average molecular weight is 356 g/mol. The van der Waals surface area contributed by atoms with Crippen molar-refractivity contribution in [1.82, 2.24) is 4.72 Å². The molecule has 2 rings (SSSR count). The standard InChI is InChI=1S/C16H18ClNO4S/c1-21-15-8-5-13(9-16(15)22-2)10-18-23(19,20)11-12-3-6-14(17)7-4-12/h3-9,18H,10-11H2,1-2H3. The van der Waals surface area contributed by atoms with Gasteiger partial charge in [-0.25, -0.2) is 13.1 Å². The molecule has 2 aromatic carbocycles. The Hall–Kier alpha value is -1.76. The Balaban J connectivity index is 2.02. The van der Waals surface area contributed by atoms with Gasteiger partial charge in [0.25, 0.3) is 0 Å². The number of rotatable bonds is 7. The maximum atomic E-state index is 12.1. The fourth-order valence-corrected chi connectivity index (χ4v) is 3.28. The van der Waals surface area contributed by atoms with E-state index in [1.54, 1.807) is 49.6 Å². The van der Waals surface area contributed by atoms with Gasteiger partial charge in [-0.2, -0.15) is 0 Å². The minimum Gasteiger partial charge on any atom is -0.493 e. The Kier molecular flexibility index (Phi) is 5.87. The molecular formula is C16H18ClNO4S. The van der Waals surface area contributed by atoms with Crippen LogP contribution < -0.4 is 14.2 Å². The third-order valence-electron chi connectivity index (χ3n) is 3.21. The monoisotopic (exact) mass is 355 g/mol.